The smallest absolute Gasteiger partial charge is 0.0715 e. The molecule has 0 saturated carbocycles. The second-order valence-corrected chi connectivity index (χ2v) is 4.48. The molecule has 1 rings (SSSR count). The van der Waals surface area contributed by atoms with Crippen molar-refractivity contribution in [3.8, 4) is 0 Å². The zero-order valence-corrected chi connectivity index (χ0v) is 9.30. The number of nitrogens with one attached hydrogen (secondary N) is 1. The second-order valence-electron chi connectivity index (χ2n) is 4.05. The van der Waals surface area contributed by atoms with Crippen LogP contribution in [0.2, 0.25) is 5.02 Å². The quantitative estimate of drug-likeness (QED) is 0.804. The summed E-state index contributed by atoms with van der Waals surface area (Å²) in [5, 5.41) is 13.4. The summed E-state index contributed by atoms with van der Waals surface area (Å²) in [6, 6.07) is 7.69. The van der Waals surface area contributed by atoms with Gasteiger partial charge >= 0.3 is 0 Å². The molecule has 0 atom stereocenters. The van der Waals surface area contributed by atoms with E-state index in [9.17, 15) is 5.11 Å². The number of hydrogen-bond donors (Lipinski definition) is 2. The molecule has 0 saturated heterocycles. The lowest BCUT2D eigenvalue weighted by atomic mass is 10.1. The molecule has 14 heavy (non-hydrogen) atoms. The van der Waals surface area contributed by atoms with Gasteiger partial charge in [0.05, 0.1) is 5.60 Å². The maximum atomic E-state index is 9.46. The molecule has 2 nitrogen and oxygen atoms in total. The Labute approximate surface area is 89.9 Å². The van der Waals surface area contributed by atoms with Crippen molar-refractivity contribution in [2.75, 3.05) is 6.54 Å². The first-order chi connectivity index (χ1) is 6.47. The van der Waals surface area contributed by atoms with Gasteiger partial charge in [0.2, 0.25) is 0 Å². The summed E-state index contributed by atoms with van der Waals surface area (Å²) in [6.07, 6.45) is 0. The average molecular weight is 214 g/mol. The number of aliphatic hydroxyl groups is 1. The SMILES string of the molecule is CC(C)(O)CNCc1cccc(Cl)c1. The summed E-state index contributed by atoms with van der Waals surface area (Å²) in [7, 11) is 0. The van der Waals surface area contributed by atoms with E-state index in [1.54, 1.807) is 13.8 Å². The number of rotatable bonds is 4. The van der Waals surface area contributed by atoms with Gasteiger partial charge < -0.3 is 10.4 Å². The van der Waals surface area contributed by atoms with Crippen LogP contribution in [-0.4, -0.2) is 17.3 Å². The first-order valence-corrected chi connectivity index (χ1v) is 5.03. The molecule has 0 unspecified atom stereocenters. The van der Waals surface area contributed by atoms with Gasteiger partial charge in [0.1, 0.15) is 0 Å². The maximum Gasteiger partial charge on any atom is 0.0715 e. The van der Waals surface area contributed by atoms with Gasteiger partial charge in [0.25, 0.3) is 0 Å². The largest absolute Gasteiger partial charge is 0.389 e. The van der Waals surface area contributed by atoms with Crippen molar-refractivity contribution in [2.24, 2.45) is 0 Å². The molecular formula is C11H16ClNO. The van der Waals surface area contributed by atoms with E-state index in [-0.39, 0.29) is 0 Å². The van der Waals surface area contributed by atoms with Crippen LogP contribution in [0.25, 0.3) is 0 Å². The topological polar surface area (TPSA) is 32.3 Å². The third-order valence-corrected chi connectivity index (χ3v) is 2.01. The molecule has 1 aromatic carbocycles. The summed E-state index contributed by atoms with van der Waals surface area (Å²) in [6.45, 7) is 4.85. The van der Waals surface area contributed by atoms with Gasteiger partial charge in [-0.25, -0.2) is 0 Å². The molecule has 78 valence electrons. The number of halogens is 1. The molecule has 0 radical (unpaired) electrons. The van der Waals surface area contributed by atoms with E-state index < -0.39 is 5.60 Å². The molecule has 0 amide bonds. The molecule has 0 spiro atoms. The highest BCUT2D eigenvalue weighted by atomic mass is 35.5. The monoisotopic (exact) mass is 213 g/mol. The highest BCUT2D eigenvalue weighted by Gasteiger charge is 2.10. The predicted molar refractivity (Wildman–Crippen MR) is 59.5 cm³/mol. The molecule has 0 aromatic heterocycles. The fourth-order valence-corrected chi connectivity index (χ4v) is 1.37. The van der Waals surface area contributed by atoms with Crippen molar-refractivity contribution in [1.82, 2.24) is 5.32 Å². The van der Waals surface area contributed by atoms with Crippen LogP contribution in [0.15, 0.2) is 24.3 Å². The lowest BCUT2D eigenvalue weighted by Gasteiger charge is -2.17. The standard InChI is InChI=1S/C11H16ClNO/c1-11(2,14)8-13-7-9-4-3-5-10(12)6-9/h3-6,13-14H,7-8H2,1-2H3. The summed E-state index contributed by atoms with van der Waals surface area (Å²) in [4.78, 5) is 0. The summed E-state index contributed by atoms with van der Waals surface area (Å²) < 4.78 is 0. The van der Waals surface area contributed by atoms with Crippen molar-refractivity contribution in [3.63, 3.8) is 0 Å². The van der Waals surface area contributed by atoms with Crippen LogP contribution in [-0.2, 0) is 6.54 Å². The summed E-state index contributed by atoms with van der Waals surface area (Å²) >= 11 is 5.84. The maximum absolute atomic E-state index is 9.46. The number of benzene rings is 1. The van der Waals surface area contributed by atoms with Crippen LogP contribution < -0.4 is 5.32 Å². The lowest BCUT2D eigenvalue weighted by molar-refractivity contribution is 0.0795. The molecule has 1 aromatic rings. The minimum Gasteiger partial charge on any atom is -0.389 e. The van der Waals surface area contributed by atoms with Crippen LogP contribution in [0.4, 0.5) is 0 Å². The van der Waals surface area contributed by atoms with Crippen molar-refractivity contribution in [2.45, 2.75) is 26.0 Å². The minimum absolute atomic E-state index is 0.569. The zero-order chi connectivity index (χ0) is 10.6. The summed E-state index contributed by atoms with van der Waals surface area (Å²) in [5.41, 5.74) is 0.459. The normalized spacial score (nSPS) is 11.7. The zero-order valence-electron chi connectivity index (χ0n) is 8.55. The lowest BCUT2D eigenvalue weighted by Crippen LogP contribution is -2.34. The molecule has 0 aliphatic heterocycles. The van der Waals surface area contributed by atoms with Gasteiger partial charge in [-0.05, 0) is 31.5 Å². The molecule has 0 aliphatic carbocycles. The van der Waals surface area contributed by atoms with E-state index >= 15 is 0 Å². The van der Waals surface area contributed by atoms with Gasteiger partial charge in [-0.1, -0.05) is 23.7 Å². The van der Waals surface area contributed by atoms with Crippen LogP contribution >= 0.6 is 11.6 Å². The van der Waals surface area contributed by atoms with Gasteiger partial charge in [0.15, 0.2) is 0 Å². The molecule has 0 fully saturated rings. The van der Waals surface area contributed by atoms with Gasteiger partial charge in [-0.15, -0.1) is 0 Å². The van der Waals surface area contributed by atoms with Crippen LogP contribution in [0.1, 0.15) is 19.4 Å². The number of hydrogen-bond acceptors (Lipinski definition) is 2. The Kier molecular flexibility index (Phi) is 3.93. The Morgan fingerprint density at radius 2 is 2.14 bits per heavy atom. The van der Waals surface area contributed by atoms with E-state index in [1.165, 1.54) is 0 Å². The van der Waals surface area contributed by atoms with E-state index in [0.29, 0.717) is 6.54 Å². The molecule has 2 N–H and O–H groups in total. The first-order valence-electron chi connectivity index (χ1n) is 4.65. The molecule has 0 heterocycles. The fraction of sp³-hybridized carbons (Fsp3) is 0.455. The summed E-state index contributed by atoms with van der Waals surface area (Å²) in [5.74, 6) is 0. The Morgan fingerprint density at radius 1 is 1.43 bits per heavy atom. The van der Waals surface area contributed by atoms with Crippen LogP contribution in [0.3, 0.4) is 0 Å². The van der Waals surface area contributed by atoms with Gasteiger partial charge in [-0.3, -0.25) is 0 Å². The molecule has 3 heteroatoms. The van der Waals surface area contributed by atoms with Crippen LogP contribution in [0.5, 0.6) is 0 Å². The van der Waals surface area contributed by atoms with Crippen molar-refractivity contribution >= 4 is 11.6 Å². The minimum atomic E-state index is -0.668. The van der Waals surface area contributed by atoms with Crippen molar-refractivity contribution in [3.05, 3.63) is 34.9 Å². The van der Waals surface area contributed by atoms with Gasteiger partial charge in [-0.2, -0.15) is 0 Å². The first kappa shape index (κ1) is 11.5. The van der Waals surface area contributed by atoms with Crippen molar-refractivity contribution in [1.29, 1.82) is 0 Å². The third kappa shape index (κ3) is 4.61. The van der Waals surface area contributed by atoms with E-state index in [2.05, 4.69) is 5.32 Å². The van der Waals surface area contributed by atoms with E-state index in [4.69, 9.17) is 11.6 Å². The Bertz CT molecular complexity index is 294. The predicted octanol–water partition coefficient (Wildman–Crippen LogP) is 2.20. The molecule has 0 bridgehead atoms. The molecular weight excluding hydrogens is 198 g/mol. The van der Waals surface area contributed by atoms with Crippen LogP contribution in [0, 0.1) is 0 Å². The Hall–Kier alpha value is -0.570. The Balaban J connectivity index is 2.39. The highest BCUT2D eigenvalue weighted by molar-refractivity contribution is 6.30. The average Bonchev–Trinajstić information content (AvgIpc) is 2.01. The van der Waals surface area contributed by atoms with E-state index in [1.807, 2.05) is 24.3 Å². The third-order valence-electron chi connectivity index (χ3n) is 1.78. The highest BCUT2D eigenvalue weighted by Crippen LogP contribution is 2.10. The Morgan fingerprint density at radius 3 is 2.71 bits per heavy atom. The van der Waals surface area contributed by atoms with Crippen molar-refractivity contribution < 1.29 is 5.11 Å². The molecule has 0 aliphatic rings. The van der Waals surface area contributed by atoms with E-state index in [0.717, 1.165) is 17.1 Å². The fourth-order valence-electron chi connectivity index (χ4n) is 1.16. The second kappa shape index (κ2) is 4.78. The van der Waals surface area contributed by atoms with Gasteiger partial charge in [0, 0.05) is 18.1 Å².